The van der Waals surface area contributed by atoms with Gasteiger partial charge in [0.2, 0.25) is 0 Å². The summed E-state index contributed by atoms with van der Waals surface area (Å²) in [7, 11) is -3.00. The van der Waals surface area contributed by atoms with Gasteiger partial charge in [-0.3, -0.25) is 4.79 Å². The fourth-order valence-corrected chi connectivity index (χ4v) is 2.73. The number of aliphatic carboxylic acids is 1. The Hall–Kier alpha value is -1.31. The molecule has 0 bridgehead atoms. The summed E-state index contributed by atoms with van der Waals surface area (Å²) in [4.78, 5) is 24.5. The number of likely N-dealkylation sites (tertiary alicyclic amines) is 1. The molecule has 0 aromatic rings. The predicted molar refractivity (Wildman–Crippen MR) is 74.3 cm³/mol. The average molecular weight is 306 g/mol. The molecule has 2 N–H and O–H groups in total. The summed E-state index contributed by atoms with van der Waals surface area (Å²) < 4.78 is 21.9. The standard InChI is InChI=1S/C12H22N2O5S/c1-12(10(15)16)4-7-14(8-5-12)11(17)13-6-3-9-20(2,18)19/h3-9H2,1-2H3,(H,13,17)(H,15,16). The lowest BCUT2D eigenvalue weighted by Gasteiger charge is -2.36. The van der Waals surface area contributed by atoms with Gasteiger partial charge in [-0.1, -0.05) is 0 Å². The number of carboxylic acid groups (broad SMARTS) is 1. The molecule has 0 unspecified atom stereocenters. The monoisotopic (exact) mass is 306 g/mol. The molecule has 116 valence electrons. The van der Waals surface area contributed by atoms with Crippen molar-refractivity contribution in [3.8, 4) is 0 Å². The first-order valence-corrected chi connectivity index (χ1v) is 8.64. The largest absolute Gasteiger partial charge is 0.481 e. The Labute approximate surface area is 119 Å². The van der Waals surface area contributed by atoms with Crippen LogP contribution in [0.5, 0.6) is 0 Å². The predicted octanol–water partition coefficient (Wildman–Crippen LogP) is 0.317. The first-order chi connectivity index (χ1) is 9.14. The number of carbonyl (C=O) groups is 2. The van der Waals surface area contributed by atoms with E-state index in [1.165, 1.54) is 0 Å². The van der Waals surface area contributed by atoms with Gasteiger partial charge < -0.3 is 15.3 Å². The van der Waals surface area contributed by atoms with Crippen molar-refractivity contribution in [2.24, 2.45) is 5.41 Å². The number of carboxylic acids is 1. The fraction of sp³-hybridized carbons (Fsp3) is 0.833. The molecule has 0 aromatic heterocycles. The lowest BCUT2D eigenvalue weighted by Crippen LogP contribution is -2.48. The maximum atomic E-state index is 11.8. The Morgan fingerprint density at radius 1 is 1.30 bits per heavy atom. The zero-order valence-corrected chi connectivity index (χ0v) is 12.7. The van der Waals surface area contributed by atoms with Crippen LogP contribution in [0.25, 0.3) is 0 Å². The van der Waals surface area contributed by atoms with Gasteiger partial charge in [0.25, 0.3) is 0 Å². The average Bonchev–Trinajstić information content (AvgIpc) is 2.34. The van der Waals surface area contributed by atoms with E-state index in [1.54, 1.807) is 11.8 Å². The van der Waals surface area contributed by atoms with Crippen LogP contribution in [0.15, 0.2) is 0 Å². The minimum Gasteiger partial charge on any atom is -0.481 e. The lowest BCUT2D eigenvalue weighted by atomic mass is 9.80. The molecule has 8 heteroatoms. The molecular weight excluding hydrogens is 284 g/mol. The summed E-state index contributed by atoms with van der Waals surface area (Å²) in [6.07, 6.45) is 2.40. The number of amides is 2. The minimum atomic E-state index is -3.00. The zero-order valence-electron chi connectivity index (χ0n) is 11.9. The molecule has 1 heterocycles. The van der Waals surface area contributed by atoms with Gasteiger partial charge in [0.05, 0.1) is 11.2 Å². The highest BCUT2D eigenvalue weighted by Gasteiger charge is 2.37. The molecule has 0 saturated carbocycles. The number of rotatable bonds is 5. The number of hydrogen-bond donors (Lipinski definition) is 2. The highest BCUT2D eigenvalue weighted by atomic mass is 32.2. The first kappa shape index (κ1) is 16.7. The molecule has 1 fully saturated rings. The van der Waals surface area contributed by atoms with Crippen LogP contribution in [0.4, 0.5) is 4.79 Å². The zero-order chi connectivity index (χ0) is 15.4. The SMILES string of the molecule is CC1(C(=O)O)CCN(C(=O)NCCCS(C)(=O)=O)CC1. The molecule has 1 aliphatic rings. The fourth-order valence-electron chi connectivity index (χ4n) is 2.06. The smallest absolute Gasteiger partial charge is 0.317 e. The molecule has 0 radical (unpaired) electrons. The van der Waals surface area contributed by atoms with Gasteiger partial charge in [0.15, 0.2) is 0 Å². The van der Waals surface area contributed by atoms with Crippen molar-refractivity contribution < 1.29 is 23.1 Å². The van der Waals surface area contributed by atoms with Gasteiger partial charge in [-0.25, -0.2) is 13.2 Å². The third kappa shape index (κ3) is 4.99. The van der Waals surface area contributed by atoms with Crippen molar-refractivity contribution in [1.82, 2.24) is 10.2 Å². The van der Waals surface area contributed by atoms with Gasteiger partial charge in [0, 0.05) is 25.9 Å². The minimum absolute atomic E-state index is 0.0460. The third-order valence-electron chi connectivity index (χ3n) is 3.64. The summed E-state index contributed by atoms with van der Waals surface area (Å²) in [6.45, 7) is 2.80. The van der Waals surface area contributed by atoms with Crippen LogP contribution in [0.1, 0.15) is 26.2 Å². The molecule has 0 aliphatic carbocycles. The van der Waals surface area contributed by atoms with Crippen molar-refractivity contribution in [2.75, 3.05) is 31.6 Å². The van der Waals surface area contributed by atoms with E-state index >= 15 is 0 Å². The number of urea groups is 1. The quantitative estimate of drug-likeness (QED) is 0.712. The second-order valence-corrected chi connectivity index (χ2v) is 7.83. The molecular formula is C12H22N2O5S. The molecule has 0 atom stereocenters. The van der Waals surface area contributed by atoms with Gasteiger partial charge >= 0.3 is 12.0 Å². The van der Waals surface area contributed by atoms with Crippen molar-refractivity contribution in [3.63, 3.8) is 0 Å². The highest BCUT2D eigenvalue weighted by molar-refractivity contribution is 7.90. The lowest BCUT2D eigenvalue weighted by molar-refractivity contribution is -0.150. The second kappa shape index (κ2) is 6.43. The van der Waals surface area contributed by atoms with Crippen LogP contribution in [0.3, 0.4) is 0 Å². The molecule has 20 heavy (non-hydrogen) atoms. The molecule has 0 aromatic carbocycles. The topological polar surface area (TPSA) is 104 Å². The molecule has 1 rings (SSSR count). The summed E-state index contributed by atoms with van der Waals surface area (Å²) >= 11 is 0. The Morgan fingerprint density at radius 3 is 2.30 bits per heavy atom. The van der Waals surface area contributed by atoms with E-state index in [0.717, 1.165) is 6.26 Å². The van der Waals surface area contributed by atoms with E-state index in [-0.39, 0.29) is 11.8 Å². The second-order valence-electron chi connectivity index (χ2n) is 5.57. The Balaban J connectivity index is 2.31. The van der Waals surface area contributed by atoms with Crippen LogP contribution < -0.4 is 5.32 Å². The van der Waals surface area contributed by atoms with E-state index < -0.39 is 21.2 Å². The Bertz CT molecular complexity index is 466. The molecule has 7 nitrogen and oxygen atoms in total. The maximum Gasteiger partial charge on any atom is 0.317 e. The Morgan fingerprint density at radius 2 is 1.85 bits per heavy atom. The molecule has 1 saturated heterocycles. The van der Waals surface area contributed by atoms with E-state index in [4.69, 9.17) is 5.11 Å². The number of piperidine rings is 1. The molecule has 2 amide bonds. The van der Waals surface area contributed by atoms with Crippen LogP contribution in [0, 0.1) is 5.41 Å². The number of nitrogens with one attached hydrogen (secondary N) is 1. The van der Waals surface area contributed by atoms with Crippen LogP contribution in [-0.2, 0) is 14.6 Å². The third-order valence-corrected chi connectivity index (χ3v) is 4.67. The number of nitrogens with zero attached hydrogens (tertiary/aromatic N) is 1. The molecule has 1 aliphatic heterocycles. The van der Waals surface area contributed by atoms with Crippen LogP contribution in [-0.4, -0.2) is 62.1 Å². The normalized spacial score (nSPS) is 18.6. The maximum absolute atomic E-state index is 11.8. The number of carbonyl (C=O) groups excluding carboxylic acids is 1. The molecule has 0 spiro atoms. The summed E-state index contributed by atoms with van der Waals surface area (Å²) in [5.74, 6) is -0.782. The van der Waals surface area contributed by atoms with Gasteiger partial charge in [-0.05, 0) is 26.2 Å². The van der Waals surface area contributed by atoms with E-state index in [9.17, 15) is 18.0 Å². The van der Waals surface area contributed by atoms with E-state index in [2.05, 4.69) is 5.32 Å². The number of hydrogen-bond acceptors (Lipinski definition) is 4. The van der Waals surface area contributed by atoms with Crippen molar-refractivity contribution in [2.45, 2.75) is 26.2 Å². The highest BCUT2D eigenvalue weighted by Crippen LogP contribution is 2.30. The van der Waals surface area contributed by atoms with Gasteiger partial charge in [-0.15, -0.1) is 0 Å². The van der Waals surface area contributed by atoms with Gasteiger partial charge in [-0.2, -0.15) is 0 Å². The Kier molecular flexibility index (Phi) is 5.38. The summed E-state index contributed by atoms with van der Waals surface area (Å²) in [5.41, 5.74) is -0.757. The van der Waals surface area contributed by atoms with Crippen LogP contribution in [0.2, 0.25) is 0 Å². The van der Waals surface area contributed by atoms with Crippen molar-refractivity contribution in [1.29, 1.82) is 0 Å². The van der Waals surface area contributed by atoms with Crippen molar-refractivity contribution in [3.05, 3.63) is 0 Å². The summed E-state index contributed by atoms with van der Waals surface area (Å²) in [5, 5.41) is 11.8. The summed E-state index contributed by atoms with van der Waals surface area (Å²) in [6, 6.07) is -0.258. The van der Waals surface area contributed by atoms with Crippen LogP contribution >= 0.6 is 0 Å². The van der Waals surface area contributed by atoms with E-state index in [1.807, 2.05) is 0 Å². The van der Waals surface area contributed by atoms with E-state index in [0.29, 0.717) is 38.9 Å². The van der Waals surface area contributed by atoms with Crippen molar-refractivity contribution >= 4 is 21.8 Å². The first-order valence-electron chi connectivity index (χ1n) is 6.58. The number of sulfone groups is 1. The van der Waals surface area contributed by atoms with Gasteiger partial charge in [0.1, 0.15) is 9.84 Å².